The molecule has 0 radical (unpaired) electrons. The fraction of sp³-hybridized carbons (Fsp3) is 0.400. The Labute approximate surface area is 217 Å². The van der Waals surface area contributed by atoms with Gasteiger partial charge in [0.25, 0.3) is 5.56 Å². The van der Waals surface area contributed by atoms with Crippen molar-refractivity contribution in [3.63, 3.8) is 0 Å². The molecule has 0 saturated heterocycles. The minimum absolute atomic E-state index is 0.289. The number of benzene rings is 2. The molecule has 2 aromatic carbocycles. The summed E-state index contributed by atoms with van der Waals surface area (Å²) in [5.41, 5.74) is 5.46. The molecule has 0 aliphatic carbocycles. The minimum atomic E-state index is -0.438. The molecule has 0 amide bonds. The normalized spacial score (nSPS) is 16.7. The van der Waals surface area contributed by atoms with Crippen LogP contribution >= 0.6 is 0 Å². The summed E-state index contributed by atoms with van der Waals surface area (Å²) in [6.07, 6.45) is -0.419. The molecule has 1 aliphatic heterocycles. The largest absolute Gasteiger partial charge is 0.372 e. The topological polar surface area (TPSA) is 61.4 Å². The number of aromatic nitrogens is 3. The van der Waals surface area contributed by atoms with Crippen LogP contribution in [0, 0.1) is 6.92 Å². The van der Waals surface area contributed by atoms with Gasteiger partial charge in [0.05, 0.1) is 34.4 Å². The van der Waals surface area contributed by atoms with Crippen LogP contribution in [0.4, 0.5) is 5.69 Å². The van der Waals surface area contributed by atoms with Crippen molar-refractivity contribution in [2.45, 2.75) is 46.3 Å². The number of rotatable bonds is 5. The van der Waals surface area contributed by atoms with Gasteiger partial charge in [0.2, 0.25) is 0 Å². The molecule has 4 aromatic rings. The molecule has 0 fully saturated rings. The van der Waals surface area contributed by atoms with Gasteiger partial charge < -0.3 is 14.2 Å². The van der Waals surface area contributed by atoms with Gasteiger partial charge in [0, 0.05) is 32.9 Å². The van der Waals surface area contributed by atoms with Gasteiger partial charge in [0.1, 0.15) is 6.10 Å². The van der Waals surface area contributed by atoms with Crippen molar-refractivity contribution in [1.29, 1.82) is 0 Å². The molecule has 3 heterocycles. The van der Waals surface area contributed by atoms with E-state index < -0.39 is 11.6 Å². The van der Waals surface area contributed by atoms with Crippen molar-refractivity contribution in [3.05, 3.63) is 86.2 Å². The van der Waals surface area contributed by atoms with E-state index in [2.05, 4.69) is 67.5 Å². The zero-order valence-electron chi connectivity index (χ0n) is 22.8. The highest BCUT2D eigenvalue weighted by Gasteiger charge is 2.40. The van der Waals surface area contributed by atoms with E-state index in [1.807, 2.05) is 25.1 Å². The van der Waals surface area contributed by atoms with E-state index in [4.69, 9.17) is 4.74 Å². The van der Waals surface area contributed by atoms with Gasteiger partial charge in [-0.15, -0.1) is 0 Å². The second-order valence-electron chi connectivity index (χ2n) is 10.6. The Balaban J connectivity index is 1.88. The molecule has 7 nitrogen and oxygen atoms in total. The minimum Gasteiger partial charge on any atom is -0.372 e. The highest BCUT2D eigenvalue weighted by molar-refractivity contribution is 5.97. The van der Waals surface area contributed by atoms with Crippen LogP contribution in [-0.2, 0) is 24.4 Å². The lowest BCUT2D eigenvalue weighted by Gasteiger charge is -2.39. The fourth-order valence-electron chi connectivity index (χ4n) is 5.77. The molecule has 1 aliphatic rings. The van der Waals surface area contributed by atoms with E-state index >= 15 is 0 Å². The van der Waals surface area contributed by atoms with E-state index in [1.165, 1.54) is 4.57 Å². The Morgan fingerprint density at radius 3 is 2.30 bits per heavy atom. The number of hydrogen-bond acceptors (Lipinski definition) is 4. The highest BCUT2D eigenvalue weighted by Crippen LogP contribution is 2.45. The third kappa shape index (κ3) is 3.84. The first-order chi connectivity index (χ1) is 17.6. The van der Waals surface area contributed by atoms with Crippen molar-refractivity contribution in [3.8, 4) is 11.3 Å². The molecule has 5 rings (SSSR count). The van der Waals surface area contributed by atoms with E-state index in [1.54, 1.807) is 18.7 Å². The second-order valence-corrected chi connectivity index (χ2v) is 10.6. The lowest BCUT2D eigenvalue weighted by atomic mass is 9.97. The number of aryl methyl sites for hydroxylation is 2. The number of ether oxygens (including phenoxy) is 1. The number of fused-ring (bicyclic) bond motifs is 3. The molecular formula is C30H36N4O3. The Morgan fingerprint density at radius 2 is 1.68 bits per heavy atom. The van der Waals surface area contributed by atoms with Crippen molar-refractivity contribution in [1.82, 2.24) is 13.7 Å². The first kappa shape index (κ1) is 25.1. The van der Waals surface area contributed by atoms with E-state index in [0.717, 1.165) is 46.9 Å². The molecular weight excluding hydrogens is 464 g/mol. The number of nitrogens with zero attached hydrogens (tertiary/aromatic N) is 4. The standard InChI is InChI=1S/C30H36N4O3/c1-8-33(9-2)22-15-13-20(14-16-22)27-26-25-23(28(35)32(7)29(36)31(25)6)24(21-12-10-11-19(3)17-21)34(26)30(4,5)18-37-27/h10-17,27H,8-9,18H2,1-7H3/t27-/m1/s1. The summed E-state index contributed by atoms with van der Waals surface area (Å²) in [5, 5.41) is 0.550. The highest BCUT2D eigenvalue weighted by atomic mass is 16.5. The number of hydrogen-bond donors (Lipinski definition) is 0. The molecule has 0 spiro atoms. The van der Waals surface area contributed by atoms with Crippen LogP contribution in [0.1, 0.15) is 50.6 Å². The molecule has 2 aromatic heterocycles. The van der Waals surface area contributed by atoms with Crippen molar-refractivity contribution < 1.29 is 4.74 Å². The zero-order valence-corrected chi connectivity index (χ0v) is 22.8. The molecule has 0 saturated carbocycles. The van der Waals surface area contributed by atoms with Gasteiger partial charge in [-0.25, -0.2) is 4.79 Å². The maximum absolute atomic E-state index is 13.7. The van der Waals surface area contributed by atoms with Crippen LogP contribution in [0.5, 0.6) is 0 Å². The van der Waals surface area contributed by atoms with Gasteiger partial charge in [0.15, 0.2) is 0 Å². The Bertz CT molecular complexity index is 1600. The molecule has 1 atom stereocenters. The summed E-state index contributed by atoms with van der Waals surface area (Å²) in [5.74, 6) is 0. The molecule has 194 valence electrons. The van der Waals surface area contributed by atoms with Crippen LogP contribution in [0.2, 0.25) is 0 Å². The first-order valence-electron chi connectivity index (χ1n) is 13.0. The van der Waals surface area contributed by atoms with Crippen LogP contribution in [0.15, 0.2) is 58.1 Å². The van der Waals surface area contributed by atoms with Crippen molar-refractivity contribution in [2.24, 2.45) is 14.1 Å². The average Bonchev–Trinajstić information content (AvgIpc) is 3.25. The fourth-order valence-corrected chi connectivity index (χ4v) is 5.77. The maximum Gasteiger partial charge on any atom is 0.331 e. The second kappa shape index (κ2) is 9.06. The summed E-state index contributed by atoms with van der Waals surface area (Å²) < 4.78 is 11.6. The van der Waals surface area contributed by atoms with Crippen LogP contribution in [0.3, 0.4) is 0 Å². The first-order valence-corrected chi connectivity index (χ1v) is 13.0. The molecule has 0 unspecified atom stereocenters. The monoisotopic (exact) mass is 500 g/mol. The van der Waals surface area contributed by atoms with Gasteiger partial charge in [-0.1, -0.05) is 35.9 Å². The Hall–Kier alpha value is -3.58. The zero-order chi connectivity index (χ0) is 26.6. The average molecular weight is 501 g/mol. The Kier molecular flexibility index (Phi) is 6.15. The lowest BCUT2D eigenvalue weighted by Crippen LogP contribution is -2.40. The smallest absolute Gasteiger partial charge is 0.331 e. The summed E-state index contributed by atoms with van der Waals surface area (Å²) >= 11 is 0. The molecule has 0 N–H and O–H groups in total. The van der Waals surface area contributed by atoms with Crippen LogP contribution in [0.25, 0.3) is 22.2 Å². The summed E-state index contributed by atoms with van der Waals surface area (Å²) in [4.78, 5) is 29.2. The van der Waals surface area contributed by atoms with Crippen molar-refractivity contribution >= 4 is 16.6 Å². The van der Waals surface area contributed by atoms with Crippen LogP contribution < -0.4 is 16.1 Å². The molecule has 0 bridgehead atoms. The predicted octanol–water partition coefficient (Wildman–Crippen LogP) is 4.72. The number of anilines is 1. The summed E-state index contributed by atoms with van der Waals surface area (Å²) in [7, 11) is 3.29. The van der Waals surface area contributed by atoms with E-state index in [0.29, 0.717) is 17.5 Å². The molecule has 37 heavy (non-hydrogen) atoms. The van der Waals surface area contributed by atoms with E-state index in [9.17, 15) is 9.59 Å². The maximum atomic E-state index is 13.7. The Morgan fingerprint density at radius 1 is 1.00 bits per heavy atom. The molecule has 7 heteroatoms. The summed E-state index contributed by atoms with van der Waals surface area (Å²) in [6, 6.07) is 16.7. The predicted molar refractivity (Wildman–Crippen MR) is 150 cm³/mol. The lowest BCUT2D eigenvalue weighted by molar-refractivity contribution is -0.00706. The van der Waals surface area contributed by atoms with Gasteiger partial charge in [-0.3, -0.25) is 13.9 Å². The van der Waals surface area contributed by atoms with Crippen molar-refractivity contribution in [2.75, 3.05) is 24.6 Å². The van der Waals surface area contributed by atoms with Gasteiger partial charge in [-0.2, -0.15) is 0 Å². The van der Waals surface area contributed by atoms with Gasteiger partial charge >= 0.3 is 5.69 Å². The SMILES string of the molecule is CCN(CC)c1ccc([C@H]2OCC(C)(C)n3c(-c4cccc(C)c4)c4c(=O)n(C)c(=O)n(C)c4c32)cc1. The van der Waals surface area contributed by atoms with Crippen LogP contribution in [-0.4, -0.2) is 33.4 Å². The quantitative estimate of drug-likeness (QED) is 0.398. The van der Waals surface area contributed by atoms with Gasteiger partial charge in [-0.05, 0) is 63.9 Å². The third-order valence-electron chi connectivity index (χ3n) is 7.68. The summed E-state index contributed by atoms with van der Waals surface area (Å²) in [6.45, 7) is 12.9. The van der Waals surface area contributed by atoms with E-state index in [-0.39, 0.29) is 11.2 Å². The third-order valence-corrected chi connectivity index (χ3v) is 7.68.